The Balaban J connectivity index is 1.54. The van der Waals surface area contributed by atoms with Crippen molar-refractivity contribution < 1.29 is 0 Å². The highest BCUT2D eigenvalue weighted by Crippen LogP contribution is 2.33. The number of nitrogens with two attached hydrogens (primary N) is 2. The lowest BCUT2D eigenvalue weighted by molar-refractivity contribution is 0.519. The minimum atomic E-state index is 0.254. The van der Waals surface area contributed by atoms with Gasteiger partial charge < -0.3 is 16.4 Å². The lowest BCUT2D eigenvalue weighted by atomic mass is 10.1. The maximum atomic E-state index is 6.29. The summed E-state index contributed by atoms with van der Waals surface area (Å²) in [5, 5.41) is 0. The molecular formula is C26H23N7. The molecule has 33 heavy (non-hydrogen) atoms. The highest BCUT2D eigenvalue weighted by atomic mass is 15.2. The molecule has 6 rings (SSSR count). The molecule has 7 nitrogen and oxygen atoms in total. The summed E-state index contributed by atoms with van der Waals surface area (Å²) in [6.07, 6.45) is 3.38. The number of aromatic nitrogens is 4. The minimum absolute atomic E-state index is 0.254. The van der Waals surface area contributed by atoms with Crippen molar-refractivity contribution in [3.8, 4) is 28.3 Å². The smallest absolute Gasteiger partial charge is 0.165 e. The van der Waals surface area contributed by atoms with E-state index in [0.717, 1.165) is 58.3 Å². The number of nitrogen functional groups attached to an aromatic ring is 1. The minimum Gasteiger partial charge on any atom is -0.397 e. The second-order valence-corrected chi connectivity index (χ2v) is 8.32. The van der Waals surface area contributed by atoms with Gasteiger partial charge in [0, 0.05) is 47.8 Å². The molecule has 0 amide bonds. The van der Waals surface area contributed by atoms with E-state index in [0.29, 0.717) is 5.69 Å². The zero-order valence-corrected chi connectivity index (χ0v) is 18.0. The Morgan fingerprint density at radius 3 is 2.30 bits per heavy atom. The third-order valence-corrected chi connectivity index (χ3v) is 6.05. The van der Waals surface area contributed by atoms with E-state index in [9.17, 15) is 0 Å². The van der Waals surface area contributed by atoms with Crippen LogP contribution in [0.3, 0.4) is 0 Å². The average Bonchev–Trinajstić information content (AvgIpc) is 3.21. The van der Waals surface area contributed by atoms with Crippen LogP contribution in [-0.2, 0) is 0 Å². The largest absolute Gasteiger partial charge is 0.397 e. The first-order valence-corrected chi connectivity index (χ1v) is 10.9. The van der Waals surface area contributed by atoms with Crippen molar-refractivity contribution in [3.05, 3.63) is 85.2 Å². The predicted molar refractivity (Wildman–Crippen MR) is 132 cm³/mol. The summed E-state index contributed by atoms with van der Waals surface area (Å²) < 4.78 is 2.07. The lowest BCUT2D eigenvalue weighted by Crippen LogP contribution is -2.55. The van der Waals surface area contributed by atoms with Gasteiger partial charge in [-0.3, -0.25) is 9.55 Å². The molecular weight excluding hydrogens is 410 g/mol. The topological polar surface area (TPSA) is 98.9 Å². The normalized spacial score (nSPS) is 13.9. The number of pyridine rings is 2. The summed E-state index contributed by atoms with van der Waals surface area (Å²) in [6, 6.07) is 24.7. The monoisotopic (exact) mass is 433 g/mol. The predicted octanol–water partition coefficient (Wildman–Crippen LogP) is 3.88. The Hall–Kier alpha value is -4.23. The molecule has 0 radical (unpaired) electrons. The van der Waals surface area contributed by atoms with E-state index < -0.39 is 0 Å². The maximum Gasteiger partial charge on any atom is 0.165 e. The molecule has 1 aliphatic heterocycles. The SMILES string of the molecule is Nc1cnccc1-c1nc2ccc(-c3ccccc3)nc2n1-c1ccc(N2CC(N)C2)cc1. The van der Waals surface area contributed by atoms with E-state index in [4.69, 9.17) is 21.4 Å². The highest BCUT2D eigenvalue weighted by Gasteiger charge is 2.23. The Morgan fingerprint density at radius 2 is 1.58 bits per heavy atom. The Kier molecular flexibility index (Phi) is 4.55. The van der Waals surface area contributed by atoms with Gasteiger partial charge in [-0.05, 0) is 42.5 Å². The van der Waals surface area contributed by atoms with E-state index in [1.807, 2.05) is 36.4 Å². The molecule has 3 aromatic heterocycles. The number of hydrogen-bond acceptors (Lipinski definition) is 6. The molecule has 4 heterocycles. The molecule has 1 fully saturated rings. The first-order valence-electron chi connectivity index (χ1n) is 10.9. The van der Waals surface area contributed by atoms with Crippen LogP contribution in [-0.4, -0.2) is 38.7 Å². The quantitative estimate of drug-likeness (QED) is 0.446. The second-order valence-electron chi connectivity index (χ2n) is 8.32. The van der Waals surface area contributed by atoms with Crippen molar-refractivity contribution in [1.82, 2.24) is 19.5 Å². The standard InChI is InChI=1S/C26H23N7/c27-18-15-32(16-18)19-6-8-20(9-7-19)33-25(21-12-13-29-14-22(21)28)31-24-11-10-23(30-26(24)33)17-4-2-1-3-5-17/h1-14,18H,15-16,27-28H2. The number of fused-ring (bicyclic) bond motifs is 1. The third-order valence-electron chi connectivity index (χ3n) is 6.05. The Morgan fingerprint density at radius 1 is 0.818 bits per heavy atom. The van der Waals surface area contributed by atoms with Crippen molar-refractivity contribution in [2.24, 2.45) is 5.73 Å². The molecule has 0 saturated carbocycles. The van der Waals surface area contributed by atoms with Crippen LogP contribution < -0.4 is 16.4 Å². The van der Waals surface area contributed by atoms with Crippen molar-refractivity contribution in [2.75, 3.05) is 23.7 Å². The molecule has 1 aliphatic rings. The van der Waals surface area contributed by atoms with Crippen LogP contribution in [0, 0.1) is 0 Å². The summed E-state index contributed by atoms with van der Waals surface area (Å²) >= 11 is 0. The zero-order valence-electron chi connectivity index (χ0n) is 18.0. The zero-order chi connectivity index (χ0) is 22.4. The van der Waals surface area contributed by atoms with Crippen LogP contribution >= 0.6 is 0 Å². The van der Waals surface area contributed by atoms with Crippen molar-refractivity contribution in [1.29, 1.82) is 0 Å². The number of imidazole rings is 1. The van der Waals surface area contributed by atoms with Gasteiger partial charge >= 0.3 is 0 Å². The van der Waals surface area contributed by atoms with Gasteiger partial charge in [0.15, 0.2) is 5.65 Å². The molecule has 0 bridgehead atoms. The van der Waals surface area contributed by atoms with Crippen LogP contribution in [0.2, 0.25) is 0 Å². The number of benzene rings is 2. The van der Waals surface area contributed by atoms with Gasteiger partial charge in [0.25, 0.3) is 0 Å². The summed E-state index contributed by atoms with van der Waals surface area (Å²) in [4.78, 5) is 16.3. The van der Waals surface area contributed by atoms with Crippen LogP contribution in [0.1, 0.15) is 0 Å². The molecule has 0 spiro atoms. The number of hydrogen-bond donors (Lipinski definition) is 2. The van der Waals surface area contributed by atoms with Crippen LogP contribution in [0.15, 0.2) is 85.2 Å². The van der Waals surface area contributed by atoms with Gasteiger partial charge in [-0.2, -0.15) is 0 Å². The summed E-state index contributed by atoms with van der Waals surface area (Å²) in [7, 11) is 0. The first kappa shape index (κ1) is 19.5. The molecule has 7 heteroatoms. The molecule has 2 aromatic carbocycles. The fourth-order valence-electron chi connectivity index (χ4n) is 4.30. The summed E-state index contributed by atoms with van der Waals surface area (Å²) in [5.41, 5.74) is 19.3. The van der Waals surface area contributed by atoms with Crippen molar-refractivity contribution in [3.63, 3.8) is 0 Å². The number of nitrogens with zero attached hydrogens (tertiary/aromatic N) is 5. The van der Waals surface area contributed by atoms with Gasteiger partial charge in [-0.25, -0.2) is 9.97 Å². The molecule has 0 atom stereocenters. The van der Waals surface area contributed by atoms with E-state index in [-0.39, 0.29) is 6.04 Å². The first-order chi connectivity index (χ1) is 16.2. The fraction of sp³-hybridized carbons (Fsp3) is 0.115. The van der Waals surface area contributed by atoms with Crippen molar-refractivity contribution >= 4 is 22.5 Å². The number of anilines is 2. The van der Waals surface area contributed by atoms with Gasteiger partial charge in [0.1, 0.15) is 11.3 Å². The van der Waals surface area contributed by atoms with E-state index >= 15 is 0 Å². The maximum absolute atomic E-state index is 6.29. The number of rotatable bonds is 4. The molecule has 0 unspecified atom stereocenters. The Bertz CT molecular complexity index is 1440. The van der Waals surface area contributed by atoms with Crippen LogP contribution in [0.25, 0.3) is 39.5 Å². The Labute approximate surface area is 191 Å². The molecule has 5 aromatic rings. The lowest BCUT2D eigenvalue weighted by Gasteiger charge is -2.38. The fourth-order valence-corrected chi connectivity index (χ4v) is 4.30. The van der Waals surface area contributed by atoms with Crippen LogP contribution in [0.5, 0.6) is 0 Å². The van der Waals surface area contributed by atoms with Crippen LogP contribution in [0.4, 0.5) is 11.4 Å². The molecule has 0 aliphatic carbocycles. The van der Waals surface area contributed by atoms with E-state index in [2.05, 4.69) is 50.8 Å². The van der Waals surface area contributed by atoms with Crippen molar-refractivity contribution in [2.45, 2.75) is 6.04 Å². The molecule has 4 N–H and O–H groups in total. The van der Waals surface area contributed by atoms with E-state index in [1.54, 1.807) is 12.4 Å². The molecule has 1 saturated heterocycles. The van der Waals surface area contributed by atoms with Gasteiger partial charge in [0.05, 0.1) is 17.6 Å². The molecule has 162 valence electrons. The average molecular weight is 434 g/mol. The van der Waals surface area contributed by atoms with Gasteiger partial charge in [-0.15, -0.1) is 0 Å². The van der Waals surface area contributed by atoms with E-state index in [1.165, 1.54) is 0 Å². The van der Waals surface area contributed by atoms with Gasteiger partial charge in [0.2, 0.25) is 0 Å². The highest BCUT2D eigenvalue weighted by molar-refractivity contribution is 5.85. The summed E-state index contributed by atoms with van der Waals surface area (Å²) in [6.45, 7) is 1.77. The summed E-state index contributed by atoms with van der Waals surface area (Å²) in [5.74, 6) is 0.737. The van der Waals surface area contributed by atoms with Gasteiger partial charge in [-0.1, -0.05) is 30.3 Å². The second kappa shape index (κ2) is 7.72. The third kappa shape index (κ3) is 3.39.